The van der Waals surface area contributed by atoms with Crippen LogP contribution in [0.15, 0.2) is 22.5 Å². The van der Waals surface area contributed by atoms with Crippen LogP contribution >= 0.6 is 35.3 Å². The summed E-state index contributed by atoms with van der Waals surface area (Å²) in [6.45, 7) is 8.28. The summed E-state index contributed by atoms with van der Waals surface area (Å²) < 4.78 is 2.01. The molecule has 2 N–H and O–H groups in total. The van der Waals surface area contributed by atoms with Crippen molar-refractivity contribution in [3.05, 3.63) is 39.3 Å². The van der Waals surface area contributed by atoms with Crippen LogP contribution in [0.2, 0.25) is 0 Å². The third-order valence-electron chi connectivity index (χ3n) is 4.43. The lowest BCUT2D eigenvalue weighted by Gasteiger charge is -2.16. The van der Waals surface area contributed by atoms with E-state index in [2.05, 4.69) is 59.0 Å². The van der Waals surface area contributed by atoms with Gasteiger partial charge in [0.15, 0.2) is 5.96 Å². The maximum Gasteiger partial charge on any atom is 0.191 e. The largest absolute Gasteiger partial charge is 0.356 e. The predicted octanol–water partition coefficient (Wildman–Crippen LogP) is 3.77. The Morgan fingerprint density at radius 3 is 2.65 bits per heavy atom. The fraction of sp³-hybridized carbons (Fsp3) is 0.579. The lowest BCUT2D eigenvalue weighted by Crippen LogP contribution is -2.39. The molecule has 0 amide bonds. The molecule has 5 nitrogen and oxygen atoms in total. The van der Waals surface area contributed by atoms with Gasteiger partial charge in [0.05, 0.1) is 5.69 Å². The molecule has 7 heteroatoms. The van der Waals surface area contributed by atoms with Crippen molar-refractivity contribution in [2.75, 3.05) is 13.6 Å². The van der Waals surface area contributed by atoms with Gasteiger partial charge in [0.2, 0.25) is 0 Å². The summed E-state index contributed by atoms with van der Waals surface area (Å²) in [7, 11) is 3.85. The molecule has 0 saturated carbocycles. The van der Waals surface area contributed by atoms with Gasteiger partial charge in [-0.25, -0.2) is 0 Å². The highest BCUT2D eigenvalue weighted by atomic mass is 127. The van der Waals surface area contributed by atoms with Crippen molar-refractivity contribution in [1.82, 2.24) is 20.4 Å². The summed E-state index contributed by atoms with van der Waals surface area (Å²) in [5.74, 6) is 1.42. The summed E-state index contributed by atoms with van der Waals surface area (Å²) in [6, 6.07) is 4.32. The SMILES string of the molecule is CCc1nn(C)c(CC)c1CNC(=NC)NCC(C)Cc1cccs1.I. The number of halogens is 1. The molecule has 0 fully saturated rings. The molecule has 0 aromatic carbocycles. The van der Waals surface area contributed by atoms with Crippen LogP contribution in [0.1, 0.15) is 42.6 Å². The number of thiophene rings is 1. The quantitative estimate of drug-likeness (QED) is 0.337. The van der Waals surface area contributed by atoms with Gasteiger partial charge in [-0.1, -0.05) is 26.8 Å². The van der Waals surface area contributed by atoms with Gasteiger partial charge >= 0.3 is 0 Å². The molecule has 0 radical (unpaired) electrons. The number of rotatable bonds is 8. The van der Waals surface area contributed by atoms with Gasteiger partial charge in [-0.2, -0.15) is 5.10 Å². The molecule has 0 spiro atoms. The van der Waals surface area contributed by atoms with Crippen LogP contribution in [0.3, 0.4) is 0 Å². The van der Waals surface area contributed by atoms with E-state index in [1.54, 1.807) is 0 Å². The Kier molecular flexibility index (Phi) is 10.2. The second kappa shape index (κ2) is 11.6. The molecule has 2 heterocycles. The normalized spacial score (nSPS) is 12.6. The Labute approximate surface area is 178 Å². The summed E-state index contributed by atoms with van der Waals surface area (Å²) in [5.41, 5.74) is 3.78. The van der Waals surface area contributed by atoms with Crippen molar-refractivity contribution in [1.29, 1.82) is 0 Å². The first-order valence-electron chi connectivity index (χ1n) is 9.09. The molecule has 0 bridgehead atoms. The number of guanidine groups is 1. The van der Waals surface area contributed by atoms with E-state index in [9.17, 15) is 0 Å². The van der Waals surface area contributed by atoms with Gasteiger partial charge in [0.25, 0.3) is 0 Å². The van der Waals surface area contributed by atoms with Crippen molar-refractivity contribution in [2.24, 2.45) is 18.0 Å². The minimum absolute atomic E-state index is 0. The topological polar surface area (TPSA) is 54.2 Å². The Bertz CT molecular complexity index is 678. The third-order valence-corrected chi connectivity index (χ3v) is 5.33. The van der Waals surface area contributed by atoms with Crippen LogP contribution in [0.25, 0.3) is 0 Å². The van der Waals surface area contributed by atoms with Crippen molar-refractivity contribution in [3.8, 4) is 0 Å². The molecule has 0 aliphatic heterocycles. The van der Waals surface area contributed by atoms with E-state index in [4.69, 9.17) is 0 Å². The molecule has 1 unspecified atom stereocenters. The monoisotopic (exact) mass is 489 g/mol. The number of aryl methyl sites for hydroxylation is 2. The lowest BCUT2D eigenvalue weighted by atomic mass is 10.1. The molecular formula is C19H32IN5S. The lowest BCUT2D eigenvalue weighted by molar-refractivity contribution is 0.562. The number of aromatic nitrogens is 2. The maximum atomic E-state index is 4.64. The molecule has 2 aromatic heterocycles. The van der Waals surface area contributed by atoms with Gasteiger partial charge < -0.3 is 10.6 Å². The van der Waals surface area contributed by atoms with Crippen LogP contribution < -0.4 is 10.6 Å². The van der Waals surface area contributed by atoms with Crippen molar-refractivity contribution in [3.63, 3.8) is 0 Å². The van der Waals surface area contributed by atoms with E-state index in [0.29, 0.717) is 5.92 Å². The minimum Gasteiger partial charge on any atom is -0.356 e. The fourth-order valence-corrected chi connectivity index (χ4v) is 3.97. The average molecular weight is 489 g/mol. The first-order valence-corrected chi connectivity index (χ1v) is 9.97. The van der Waals surface area contributed by atoms with Crippen molar-refractivity contribution < 1.29 is 0 Å². The Morgan fingerprint density at radius 1 is 1.31 bits per heavy atom. The van der Waals surface area contributed by atoms with Crippen LogP contribution in [-0.4, -0.2) is 29.3 Å². The number of nitrogens with zero attached hydrogens (tertiary/aromatic N) is 3. The first kappa shape index (κ1) is 23.0. The standard InChI is InChI=1S/C19H31N5S.HI/c1-6-17-16(18(7-2)24(5)23-17)13-22-19(20-4)21-12-14(3)11-15-9-8-10-25-15;/h8-10,14H,6-7,11-13H2,1-5H3,(H2,20,21,22);1H. The summed E-state index contributed by atoms with van der Waals surface area (Å²) in [6.07, 6.45) is 3.04. The minimum atomic E-state index is 0. The first-order chi connectivity index (χ1) is 12.1. The number of hydrogen-bond acceptors (Lipinski definition) is 3. The molecule has 0 aliphatic carbocycles. The molecule has 26 heavy (non-hydrogen) atoms. The fourth-order valence-electron chi connectivity index (χ4n) is 3.10. The van der Waals surface area contributed by atoms with E-state index in [0.717, 1.165) is 38.3 Å². The third kappa shape index (κ3) is 6.26. The van der Waals surface area contributed by atoms with Gasteiger partial charge in [0, 0.05) is 43.3 Å². The summed E-state index contributed by atoms with van der Waals surface area (Å²) in [5, 5.41) is 13.7. The Hall–Kier alpha value is -1.09. The highest BCUT2D eigenvalue weighted by Crippen LogP contribution is 2.15. The second-order valence-corrected chi connectivity index (χ2v) is 7.43. The van der Waals surface area contributed by atoms with E-state index in [1.807, 2.05) is 30.1 Å². The molecule has 146 valence electrons. The number of aliphatic imine (C=N–C) groups is 1. The van der Waals surface area contributed by atoms with Gasteiger partial charge in [-0.05, 0) is 36.6 Å². The molecule has 0 aliphatic rings. The Morgan fingerprint density at radius 2 is 2.08 bits per heavy atom. The molecule has 2 rings (SSSR count). The van der Waals surface area contributed by atoms with Crippen molar-refractivity contribution in [2.45, 2.75) is 46.6 Å². The van der Waals surface area contributed by atoms with Crippen LogP contribution in [-0.2, 0) is 32.9 Å². The van der Waals surface area contributed by atoms with E-state index < -0.39 is 0 Å². The predicted molar refractivity (Wildman–Crippen MR) is 123 cm³/mol. The number of hydrogen-bond donors (Lipinski definition) is 2. The zero-order chi connectivity index (χ0) is 18.2. The van der Waals surface area contributed by atoms with Crippen LogP contribution in [0, 0.1) is 5.92 Å². The Balaban J connectivity index is 0.00000338. The summed E-state index contributed by atoms with van der Waals surface area (Å²) >= 11 is 1.83. The molecule has 0 saturated heterocycles. The van der Waals surface area contributed by atoms with Gasteiger partial charge in [0.1, 0.15) is 0 Å². The van der Waals surface area contributed by atoms with Crippen LogP contribution in [0.4, 0.5) is 0 Å². The van der Waals surface area contributed by atoms with Gasteiger partial charge in [-0.15, -0.1) is 35.3 Å². The average Bonchev–Trinajstić information content (AvgIpc) is 3.22. The highest BCUT2D eigenvalue weighted by Gasteiger charge is 2.14. The zero-order valence-electron chi connectivity index (χ0n) is 16.5. The smallest absolute Gasteiger partial charge is 0.191 e. The molecule has 1 atom stereocenters. The summed E-state index contributed by atoms with van der Waals surface area (Å²) in [4.78, 5) is 5.80. The molecule has 2 aromatic rings. The van der Waals surface area contributed by atoms with E-state index in [1.165, 1.54) is 21.8 Å². The van der Waals surface area contributed by atoms with Gasteiger partial charge in [-0.3, -0.25) is 9.67 Å². The van der Waals surface area contributed by atoms with E-state index >= 15 is 0 Å². The second-order valence-electron chi connectivity index (χ2n) is 6.40. The van der Waals surface area contributed by atoms with Crippen LogP contribution in [0.5, 0.6) is 0 Å². The highest BCUT2D eigenvalue weighted by molar-refractivity contribution is 14.0. The zero-order valence-corrected chi connectivity index (χ0v) is 19.6. The number of nitrogens with one attached hydrogen (secondary N) is 2. The van der Waals surface area contributed by atoms with E-state index in [-0.39, 0.29) is 24.0 Å². The maximum absolute atomic E-state index is 4.64. The van der Waals surface area contributed by atoms with Crippen molar-refractivity contribution >= 4 is 41.3 Å². The molecular weight excluding hydrogens is 457 g/mol.